The third-order valence-corrected chi connectivity index (χ3v) is 5.50. The summed E-state index contributed by atoms with van der Waals surface area (Å²) in [5.41, 5.74) is -1.30. The molecule has 1 aromatic rings. The van der Waals surface area contributed by atoms with Crippen LogP contribution in [0.3, 0.4) is 0 Å². The van der Waals surface area contributed by atoms with E-state index in [-0.39, 0.29) is 36.1 Å². The van der Waals surface area contributed by atoms with Gasteiger partial charge in [-0.2, -0.15) is 0 Å². The number of aliphatic hydroxyl groups is 1. The van der Waals surface area contributed by atoms with Crippen LogP contribution in [0.5, 0.6) is 0 Å². The van der Waals surface area contributed by atoms with Gasteiger partial charge < -0.3 is 20.1 Å². The number of ether oxygens (including phenoxy) is 1. The van der Waals surface area contributed by atoms with Gasteiger partial charge >= 0.3 is 6.09 Å². The molecule has 162 valence electrons. The Kier molecular flexibility index (Phi) is 6.85. The Hall–Kier alpha value is -1.86. The first-order chi connectivity index (χ1) is 13.3. The van der Waals surface area contributed by atoms with Crippen LogP contribution in [0.1, 0.15) is 45.7 Å². The second-order valence-electron chi connectivity index (χ2n) is 8.86. The molecule has 6 nitrogen and oxygen atoms in total. The highest BCUT2D eigenvalue weighted by atomic mass is 35.5. The Morgan fingerprint density at radius 1 is 1.31 bits per heavy atom. The number of carbonyl (C=O) groups excluding carboxylic acids is 2. The fourth-order valence-electron chi connectivity index (χ4n) is 3.98. The van der Waals surface area contributed by atoms with Crippen molar-refractivity contribution in [3.8, 4) is 0 Å². The number of hydrogen-bond acceptors (Lipinski definition) is 4. The third-order valence-electron chi connectivity index (χ3n) is 5.28. The van der Waals surface area contributed by atoms with Crippen molar-refractivity contribution in [2.24, 2.45) is 11.8 Å². The molecule has 1 aliphatic rings. The number of nitrogens with one attached hydrogen (secondary N) is 1. The van der Waals surface area contributed by atoms with Crippen molar-refractivity contribution in [1.29, 1.82) is 0 Å². The Morgan fingerprint density at radius 2 is 1.86 bits per heavy atom. The molecule has 1 unspecified atom stereocenters. The first-order valence-corrected chi connectivity index (χ1v) is 10.1. The lowest BCUT2D eigenvalue weighted by molar-refractivity contribution is -0.148. The lowest BCUT2D eigenvalue weighted by Gasteiger charge is -2.48. The van der Waals surface area contributed by atoms with Gasteiger partial charge in [-0.25, -0.2) is 9.18 Å². The van der Waals surface area contributed by atoms with Crippen molar-refractivity contribution < 1.29 is 23.8 Å². The van der Waals surface area contributed by atoms with Crippen LogP contribution in [-0.2, 0) is 15.1 Å². The minimum Gasteiger partial charge on any atom is -0.444 e. The number of piperidine rings is 1. The van der Waals surface area contributed by atoms with Gasteiger partial charge in [-0.1, -0.05) is 25.4 Å². The average Bonchev–Trinajstić information content (AvgIpc) is 2.54. The van der Waals surface area contributed by atoms with E-state index in [1.165, 1.54) is 6.07 Å². The summed E-state index contributed by atoms with van der Waals surface area (Å²) in [6.07, 6.45) is -0.667. The summed E-state index contributed by atoms with van der Waals surface area (Å²) < 4.78 is 19.8. The van der Waals surface area contributed by atoms with E-state index in [4.69, 9.17) is 16.3 Å². The maximum absolute atomic E-state index is 14.7. The highest BCUT2D eigenvalue weighted by Gasteiger charge is 2.48. The molecule has 3 atom stereocenters. The quantitative estimate of drug-likeness (QED) is 0.770. The molecule has 1 aromatic carbocycles. The van der Waals surface area contributed by atoms with Gasteiger partial charge in [0.25, 0.3) is 0 Å². The van der Waals surface area contributed by atoms with Crippen LogP contribution in [-0.4, -0.2) is 47.2 Å². The Labute approximate surface area is 176 Å². The largest absolute Gasteiger partial charge is 0.444 e. The molecule has 1 aliphatic heterocycles. The fraction of sp³-hybridized carbons (Fsp3) is 0.619. The van der Waals surface area contributed by atoms with Crippen LogP contribution in [0.15, 0.2) is 12.1 Å². The normalized spacial score (nSPS) is 24.9. The number of benzene rings is 1. The van der Waals surface area contributed by atoms with Crippen LogP contribution >= 0.6 is 11.6 Å². The first kappa shape index (κ1) is 23.4. The zero-order chi connectivity index (χ0) is 22.1. The number of amides is 2. The van der Waals surface area contributed by atoms with Crippen LogP contribution in [0.2, 0.25) is 5.02 Å². The molecule has 2 N–H and O–H groups in total. The standard InChI is InChI=1S/C21H30ClFN2O4/c1-12-7-15(22)8-16(23)18(12)21(28)13(2)10-25(11-14(21)3)17(26)9-24-19(27)29-20(4,5)6/h7-8,13-14,28H,9-11H2,1-6H3,(H,24,27)/t13-,14+,21?. The molecular weight excluding hydrogens is 399 g/mol. The molecule has 0 radical (unpaired) electrons. The minimum atomic E-state index is -1.44. The second kappa shape index (κ2) is 8.48. The monoisotopic (exact) mass is 428 g/mol. The maximum Gasteiger partial charge on any atom is 0.408 e. The number of halogens is 2. The second-order valence-corrected chi connectivity index (χ2v) is 9.30. The number of alkyl carbamates (subject to hydrolysis) is 1. The summed E-state index contributed by atoms with van der Waals surface area (Å²) in [4.78, 5) is 25.9. The van der Waals surface area contributed by atoms with Gasteiger partial charge in [0.05, 0.1) is 0 Å². The van der Waals surface area contributed by atoms with Crippen LogP contribution in [0, 0.1) is 24.6 Å². The van der Waals surface area contributed by atoms with Crippen LogP contribution in [0.25, 0.3) is 0 Å². The molecule has 0 aliphatic carbocycles. The lowest BCUT2D eigenvalue weighted by atomic mass is 9.69. The average molecular weight is 429 g/mol. The summed E-state index contributed by atoms with van der Waals surface area (Å²) in [6, 6.07) is 2.82. The lowest BCUT2D eigenvalue weighted by Crippen LogP contribution is -2.57. The summed E-state index contributed by atoms with van der Waals surface area (Å²) >= 11 is 5.93. The molecule has 29 heavy (non-hydrogen) atoms. The predicted molar refractivity (Wildman–Crippen MR) is 109 cm³/mol. The summed E-state index contributed by atoms with van der Waals surface area (Å²) in [6.45, 7) is 10.7. The van der Waals surface area contributed by atoms with E-state index in [9.17, 15) is 19.1 Å². The van der Waals surface area contributed by atoms with Gasteiger partial charge in [-0.15, -0.1) is 0 Å². The topological polar surface area (TPSA) is 78.9 Å². The number of nitrogens with zero attached hydrogens (tertiary/aromatic N) is 1. The molecule has 0 aromatic heterocycles. The number of aryl methyl sites for hydroxylation is 1. The van der Waals surface area contributed by atoms with E-state index in [0.717, 1.165) is 0 Å². The van der Waals surface area contributed by atoms with Gasteiger partial charge in [0.2, 0.25) is 5.91 Å². The fourth-order valence-corrected chi connectivity index (χ4v) is 4.24. The third kappa shape index (κ3) is 5.20. The molecule has 2 rings (SSSR count). The highest BCUT2D eigenvalue weighted by Crippen LogP contribution is 2.44. The molecule has 2 amide bonds. The van der Waals surface area contributed by atoms with Crippen LogP contribution < -0.4 is 5.32 Å². The molecule has 1 saturated heterocycles. The van der Waals surface area contributed by atoms with Crippen molar-refractivity contribution >= 4 is 23.6 Å². The number of likely N-dealkylation sites (tertiary alicyclic amines) is 1. The van der Waals surface area contributed by atoms with Gasteiger partial charge in [0, 0.05) is 35.5 Å². The van der Waals surface area contributed by atoms with E-state index in [2.05, 4.69) is 5.32 Å². The van der Waals surface area contributed by atoms with Gasteiger partial charge in [0.1, 0.15) is 23.6 Å². The van der Waals surface area contributed by atoms with E-state index < -0.39 is 34.9 Å². The number of hydrogen-bond donors (Lipinski definition) is 2. The van der Waals surface area contributed by atoms with Crippen molar-refractivity contribution in [2.75, 3.05) is 19.6 Å². The Balaban J connectivity index is 2.12. The van der Waals surface area contributed by atoms with Gasteiger partial charge in [-0.05, 0) is 45.4 Å². The highest BCUT2D eigenvalue weighted by molar-refractivity contribution is 6.30. The van der Waals surface area contributed by atoms with Crippen molar-refractivity contribution in [3.05, 3.63) is 34.1 Å². The molecule has 0 saturated carbocycles. The van der Waals surface area contributed by atoms with E-state index >= 15 is 0 Å². The van der Waals surface area contributed by atoms with Crippen molar-refractivity contribution in [3.63, 3.8) is 0 Å². The zero-order valence-corrected chi connectivity index (χ0v) is 18.6. The Bertz CT molecular complexity index is 758. The zero-order valence-electron chi connectivity index (χ0n) is 17.8. The molecule has 0 spiro atoms. The molecule has 1 heterocycles. The number of rotatable bonds is 3. The summed E-state index contributed by atoms with van der Waals surface area (Å²) in [5, 5.41) is 14.2. The van der Waals surface area contributed by atoms with Gasteiger partial charge in [0.15, 0.2) is 0 Å². The van der Waals surface area contributed by atoms with E-state index in [1.807, 2.05) is 0 Å². The Morgan fingerprint density at radius 3 is 2.34 bits per heavy atom. The smallest absolute Gasteiger partial charge is 0.408 e. The van der Waals surface area contributed by atoms with Crippen molar-refractivity contribution in [1.82, 2.24) is 10.2 Å². The first-order valence-electron chi connectivity index (χ1n) is 9.68. The predicted octanol–water partition coefficient (Wildman–Crippen LogP) is 3.61. The maximum atomic E-state index is 14.7. The minimum absolute atomic E-state index is 0.207. The van der Waals surface area contributed by atoms with E-state index in [1.54, 1.807) is 52.5 Å². The summed E-state index contributed by atoms with van der Waals surface area (Å²) in [7, 11) is 0. The van der Waals surface area contributed by atoms with Gasteiger partial charge in [-0.3, -0.25) is 4.79 Å². The summed E-state index contributed by atoms with van der Waals surface area (Å²) in [5.74, 6) is -1.69. The van der Waals surface area contributed by atoms with E-state index in [0.29, 0.717) is 5.56 Å². The molecule has 8 heteroatoms. The SMILES string of the molecule is Cc1cc(Cl)cc(F)c1C1(O)[C@H](C)CN(C(=O)CNC(=O)OC(C)(C)C)C[C@@H]1C. The molecular formula is C21H30ClFN2O4. The molecule has 1 fully saturated rings. The van der Waals surface area contributed by atoms with Crippen LogP contribution in [0.4, 0.5) is 9.18 Å². The number of carbonyl (C=O) groups is 2. The molecule has 0 bridgehead atoms. The van der Waals surface area contributed by atoms with Crippen molar-refractivity contribution in [2.45, 2.75) is 52.7 Å².